The van der Waals surface area contributed by atoms with Crippen molar-refractivity contribution in [2.24, 2.45) is 5.73 Å². The van der Waals surface area contributed by atoms with E-state index in [1.807, 2.05) is 29.0 Å². The number of benzene rings is 1. The molecule has 1 aromatic heterocycles. The highest BCUT2D eigenvalue weighted by Crippen LogP contribution is 2.22. The number of rotatable bonds is 7. The molecule has 0 atom stereocenters. The molecule has 2 aromatic rings. The fourth-order valence-corrected chi connectivity index (χ4v) is 1.93. The molecule has 21 heavy (non-hydrogen) atoms. The van der Waals surface area contributed by atoms with Gasteiger partial charge in [-0.25, -0.2) is 4.98 Å². The van der Waals surface area contributed by atoms with Crippen LogP contribution in [0.15, 0.2) is 43.0 Å². The second-order valence-corrected chi connectivity index (χ2v) is 4.69. The van der Waals surface area contributed by atoms with E-state index in [-0.39, 0.29) is 0 Å². The highest BCUT2D eigenvalue weighted by molar-refractivity contribution is 5.90. The maximum Gasteiger partial charge on any atom is 0.241 e. The smallest absolute Gasteiger partial charge is 0.241 e. The zero-order valence-corrected chi connectivity index (χ0v) is 12.0. The number of nitrogens with zero attached hydrogens (tertiary/aromatic N) is 2. The predicted octanol–water partition coefficient (Wildman–Crippen LogP) is 2.22. The Morgan fingerprint density at radius 2 is 2.33 bits per heavy atom. The number of carbonyl (C=O) groups excluding carboxylic acids is 1. The maximum absolute atomic E-state index is 10.8. The molecule has 0 saturated carbocycles. The number of amides is 1. The van der Waals surface area contributed by atoms with E-state index in [1.54, 1.807) is 18.6 Å². The van der Waals surface area contributed by atoms with Gasteiger partial charge in [0.2, 0.25) is 5.91 Å². The molecule has 0 spiro atoms. The molecule has 0 bridgehead atoms. The minimum atomic E-state index is -0.461. The van der Waals surface area contributed by atoms with Crippen LogP contribution >= 0.6 is 0 Å². The third-order valence-electron chi connectivity index (χ3n) is 2.90. The molecule has 0 aliphatic heterocycles. The first-order valence-corrected chi connectivity index (χ1v) is 6.88. The van der Waals surface area contributed by atoms with E-state index >= 15 is 0 Å². The predicted molar refractivity (Wildman–Crippen MR) is 81.8 cm³/mol. The SMILES string of the molecule is CCCOc1ccc(/C=C\C(N)=O)cc1Cn1ccnc1. The fourth-order valence-electron chi connectivity index (χ4n) is 1.93. The van der Waals surface area contributed by atoms with Crippen LogP contribution < -0.4 is 10.5 Å². The largest absolute Gasteiger partial charge is 0.493 e. The van der Waals surface area contributed by atoms with Crippen molar-refractivity contribution in [3.05, 3.63) is 54.1 Å². The van der Waals surface area contributed by atoms with Crippen LogP contribution in [0.25, 0.3) is 6.08 Å². The third-order valence-corrected chi connectivity index (χ3v) is 2.90. The number of imidazole rings is 1. The number of primary amides is 1. The van der Waals surface area contributed by atoms with Gasteiger partial charge >= 0.3 is 0 Å². The summed E-state index contributed by atoms with van der Waals surface area (Å²) < 4.78 is 7.73. The topological polar surface area (TPSA) is 70.1 Å². The third kappa shape index (κ3) is 4.49. The quantitative estimate of drug-likeness (QED) is 0.793. The molecule has 0 aliphatic carbocycles. The van der Waals surface area contributed by atoms with E-state index in [4.69, 9.17) is 10.5 Å². The molecule has 0 aliphatic rings. The van der Waals surface area contributed by atoms with Crippen molar-refractivity contribution < 1.29 is 9.53 Å². The Morgan fingerprint density at radius 1 is 1.48 bits per heavy atom. The van der Waals surface area contributed by atoms with E-state index in [2.05, 4.69) is 11.9 Å². The van der Waals surface area contributed by atoms with Gasteiger partial charge in [-0.3, -0.25) is 4.79 Å². The summed E-state index contributed by atoms with van der Waals surface area (Å²) in [5.41, 5.74) is 7.07. The monoisotopic (exact) mass is 285 g/mol. The summed E-state index contributed by atoms with van der Waals surface area (Å²) in [5.74, 6) is 0.388. The molecule has 1 aromatic carbocycles. The first-order chi connectivity index (χ1) is 10.2. The van der Waals surface area contributed by atoms with Crippen LogP contribution in [-0.4, -0.2) is 22.1 Å². The first-order valence-electron chi connectivity index (χ1n) is 6.88. The molecular weight excluding hydrogens is 266 g/mol. The zero-order valence-electron chi connectivity index (χ0n) is 12.0. The fraction of sp³-hybridized carbons (Fsp3) is 0.250. The molecule has 0 unspecified atom stereocenters. The maximum atomic E-state index is 10.8. The molecule has 0 saturated heterocycles. The summed E-state index contributed by atoms with van der Waals surface area (Å²) in [5, 5.41) is 0. The van der Waals surface area contributed by atoms with Crippen molar-refractivity contribution >= 4 is 12.0 Å². The number of hydrogen-bond acceptors (Lipinski definition) is 3. The number of aromatic nitrogens is 2. The molecule has 1 heterocycles. The van der Waals surface area contributed by atoms with Crippen molar-refractivity contribution in [3.63, 3.8) is 0 Å². The van der Waals surface area contributed by atoms with Crippen LogP contribution in [0.5, 0.6) is 5.75 Å². The summed E-state index contributed by atoms with van der Waals surface area (Å²) in [6.45, 7) is 3.41. The van der Waals surface area contributed by atoms with Gasteiger partial charge in [-0.05, 0) is 30.2 Å². The van der Waals surface area contributed by atoms with Gasteiger partial charge in [0.1, 0.15) is 5.75 Å². The molecule has 1 amide bonds. The van der Waals surface area contributed by atoms with Gasteiger partial charge in [0.15, 0.2) is 0 Å². The lowest BCUT2D eigenvalue weighted by atomic mass is 10.1. The molecule has 2 rings (SSSR count). The average Bonchev–Trinajstić information content (AvgIpc) is 2.97. The summed E-state index contributed by atoms with van der Waals surface area (Å²) in [7, 11) is 0. The van der Waals surface area contributed by atoms with Crippen molar-refractivity contribution in [3.8, 4) is 5.75 Å². The molecule has 5 nitrogen and oxygen atoms in total. The van der Waals surface area contributed by atoms with Crippen molar-refractivity contribution in [1.82, 2.24) is 9.55 Å². The average molecular weight is 285 g/mol. The second kappa shape index (κ2) is 7.28. The Balaban J connectivity index is 2.26. The normalized spacial score (nSPS) is 10.9. The van der Waals surface area contributed by atoms with E-state index in [9.17, 15) is 4.79 Å². The van der Waals surface area contributed by atoms with Gasteiger partial charge in [-0.1, -0.05) is 13.0 Å². The molecule has 5 heteroatoms. The lowest BCUT2D eigenvalue weighted by molar-refractivity contribution is -0.113. The van der Waals surface area contributed by atoms with Crippen LogP contribution in [0.4, 0.5) is 0 Å². The van der Waals surface area contributed by atoms with E-state index in [1.165, 1.54) is 6.08 Å². The van der Waals surface area contributed by atoms with Crippen molar-refractivity contribution in [2.45, 2.75) is 19.9 Å². The van der Waals surface area contributed by atoms with Crippen molar-refractivity contribution in [1.29, 1.82) is 0 Å². The van der Waals surface area contributed by atoms with Crippen molar-refractivity contribution in [2.75, 3.05) is 6.61 Å². The number of hydrogen-bond donors (Lipinski definition) is 1. The van der Waals surface area contributed by atoms with Gasteiger partial charge in [0.25, 0.3) is 0 Å². The minimum absolute atomic E-state index is 0.461. The highest BCUT2D eigenvalue weighted by Gasteiger charge is 2.05. The minimum Gasteiger partial charge on any atom is -0.493 e. The van der Waals surface area contributed by atoms with Gasteiger partial charge in [0, 0.05) is 24.0 Å². The lowest BCUT2D eigenvalue weighted by Gasteiger charge is -2.12. The van der Waals surface area contributed by atoms with Crippen LogP contribution in [0.3, 0.4) is 0 Å². The Kier molecular flexibility index (Phi) is 5.15. The van der Waals surface area contributed by atoms with E-state index in [0.29, 0.717) is 13.2 Å². The van der Waals surface area contributed by atoms with E-state index in [0.717, 1.165) is 23.3 Å². The standard InChI is InChI=1S/C16H19N3O2/c1-2-9-21-15-5-3-13(4-6-16(17)20)10-14(15)11-19-8-7-18-12-19/h3-8,10,12H,2,9,11H2,1H3,(H2,17,20)/b6-4-. The summed E-state index contributed by atoms with van der Waals surface area (Å²) in [6.07, 6.45) is 9.40. The summed E-state index contributed by atoms with van der Waals surface area (Å²) >= 11 is 0. The second-order valence-electron chi connectivity index (χ2n) is 4.69. The Morgan fingerprint density at radius 3 is 3.00 bits per heavy atom. The highest BCUT2D eigenvalue weighted by atomic mass is 16.5. The summed E-state index contributed by atoms with van der Waals surface area (Å²) in [4.78, 5) is 14.9. The zero-order chi connectivity index (χ0) is 15.1. The van der Waals surface area contributed by atoms with Crippen LogP contribution in [0.1, 0.15) is 24.5 Å². The van der Waals surface area contributed by atoms with Gasteiger partial charge < -0.3 is 15.0 Å². The van der Waals surface area contributed by atoms with E-state index < -0.39 is 5.91 Å². The Labute approximate surface area is 124 Å². The van der Waals surface area contributed by atoms with Crippen LogP contribution in [-0.2, 0) is 11.3 Å². The molecule has 0 radical (unpaired) electrons. The first kappa shape index (κ1) is 14.8. The lowest BCUT2D eigenvalue weighted by Crippen LogP contribution is -2.05. The van der Waals surface area contributed by atoms with Crippen LogP contribution in [0, 0.1) is 0 Å². The molecule has 0 fully saturated rings. The Bertz CT molecular complexity index is 618. The molecule has 2 N–H and O–H groups in total. The molecular formula is C16H19N3O2. The Hall–Kier alpha value is -2.56. The van der Waals surface area contributed by atoms with Gasteiger partial charge in [-0.2, -0.15) is 0 Å². The number of ether oxygens (including phenoxy) is 1. The van der Waals surface area contributed by atoms with Gasteiger partial charge in [0.05, 0.1) is 19.5 Å². The molecule has 110 valence electrons. The number of carbonyl (C=O) groups is 1. The summed E-state index contributed by atoms with van der Waals surface area (Å²) in [6, 6.07) is 5.81. The van der Waals surface area contributed by atoms with Crippen LogP contribution in [0.2, 0.25) is 0 Å². The van der Waals surface area contributed by atoms with Gasteiger partial charge in [-0.15, -0.1) is 0 Å². The number of nitrogens with two attached hydrogens (primary N) is 1.